The molecule has 46 heavy (non-hydrogen) atoms. The molecule has 11 nitrogen and oxygen atoms in total. The van der Waals surface area contributed by atoms with E-state index in [-0.39, 0.29) is 47.8 Å². The van der Waals surface area contributed by atoms with E-state index in [1.54, 1.807) is 31.0 Å². The summed E-state index contributed by atoms with van der Waals surface area (Å²) in [5.41, 5.74) is 5.04. The van der Waals surface area contributed by atoms with E-state index < -0.39 is 32.4 Å². The van der Waals surface area contributed by atoms with E-state index in [1.807, 2.05) is 31.3 Å². The molecule has 3 aliphatic rings. The summed E-state index contributed by atoms with van der Waals surface area (Å²) < 4.78 is 18.7. The van der Waals surface area contributed by atoms with Gasteiger partial charge >= 0.3 is 0 Å². The molecule has 1 aromatic carbocycles. The van der Waals surface area contributed by atoms with E-state index in [4.69, 9.17) is 13.9 Å². The number of hydrogen-bond donors (Lipinski definition) is 3. The van der Waals surface area contributed by atoms with Crippen LogP contribution in [0.5, 0.6) is 0 Å². The number of nitrogens with one attached hydrogen (secondary N) is 3. The van der Waals surface area contributed by atoms with Crippen LogP contribution in [0.2, 0.25) is 18.1 Å². The predicted molar refractivity (Wildman–Crippen MR) is 179 cm³/mol. The number of hydrazine groups is 1. The van der Waals surface area contributed by atoms with Crippen LogP contribution in [-0.2, 0) is 28.3 Å². The zero-order valence-corrected chi connectivity index (χ0v) is 29.3. The molecule has 0 aliphatic carbocycles. The van der Waals surface area contributed by atoms with E-state index in [2.05, 4.69) is 61.0 Å². The van der Waals surface area contributed by atoms with Gasteiger partial charge in [0.05, 0.1) is 23.9 Å². The number of pyridine rings is 1. The van der Waals surface area contributed by atoms with Gasteiger partial charge < -0.3 is 24.5 Å². The first-order valence-electron chi connectivity index (χ1n) is 16.4. The van der Waals surface area contributed by atoms with Gasteiger partial charge in [-0.25, -0.2) is 5.43 Å². The van der Waals surface area contributed by atoms with Crippen molar-refractivity contribution >= 4 is 42.9 Å². The number of carbonyl (C=O) groups excluding carboxylic acids is 3. The molecule has 2 fully saturated rings. The molecule has 2 aromatic rings. The first kappa shape index (κ1) is 34.2. The van der Waals surface area contributed by atoms with Crippen LogP contribution in [0.25, 0.3) is 16.8 Å². The van der Waals surface area contributed by atoms with Crippen LogP contribution in [0.15, 0.2) is 36.5 Å². The second-order valence-electron chi connectivity index (χ2n) is 14.3. The molecular formula is C34H49N5O6Si. The molecule has 3 amide bonds. The van der Waals surface area contributed by atoms with Crippen molar-refractivity contribution in [2.24, 2.45) is 0 Å². The molecule has 3 aliphatic heterocycles. The lowest BCUT2D eigenvalue weighted by Gasteiger charge is -2.40. The van der Waals surface area contributed by atoms with E-state index in [0.717, 1.165) is 29.2 Å². The lowest BCUT2D eigenvalue weighted by Crippen LogP contribution is -2.62. The lowest BCUT2D eigenvalue weighted by atomic mass is 10.0. The molecule has 5 rings (SSSR count). The van der Waals surface area contributed by atoms with E-state index in [0.29, 0.717) is 12.2 Å². The van der Waals surface area contributed by atoms with Crippen LogP contribution < -0.4 is 16.1 Å². The summed E-state index contributed by atoms with van der Waals surface area (Å²) in [5, 5.41) is 9.21. The van der Waals surface area contributed by atoms with Crippen molar-refractivity contribution in [1.29, 1.82) is 0 Å². The maximum Gasteiger partial charge on any atom is 0.258 e. The van der Waals surface area contributed by atoms with Crippen LogP contribution in [0.1, 0.15) is 78.2 Å². The molecule has 3 N–H and O–H groups in total. The van der Waals surface area contributed by atoms with E-state index in [1.165, 1.54) is 0 Å². The van der Waals surface area contributed by atoms with Crippen LogP contribution in [-0.4, -0.2) is 79.2 Å². The molecule has 250 valence electrons. The standard InChI is InChI=1S/C34H49N5O6Si/c1-20-32(42)39-16-10-12-27(38-39)30-33(44-30)43-21(2)23-14-15-24-19-35-26(18-25(24)17-23)11-9-13-28(40)37-29(31(41)36-20)22(3)45-46(7,8)34(4,5)6/h9,11,14-15,17-22,27,29-30,33,38H,10,12-13,16H2,1-8H3,(H,36,41)(H,37,40)/b11-9+/t20-,21+,22+,27-,29-,30?,33?/m0/s1. The van der Waals surface area contributed by atoms with Gasteiger partial charge in [-0.15, -0.1) is 0 Å². The largest absolute Gasteiger partial charge is 0.412 e. The van der Waals surface area contributed by atoms with Gasteiger partial charge in [-0.05, 0) is 80.9 Å². The Hall–Kier alpha value is -3.16. The van der Waals surface area contributed by atoms with Crippen molar-refractivity contribution in [3.63, 3.8) is 0 Å². The van der Waals surface area contributed by atoms with Gasteiger partial charge in [-0.3, -0.25) is 24.4 Å². The van der Waals surface area contributed by atoms with Crippen LogP contribution in [0.4, 0.5) is 0 Å². The minimum atomic E-state index is -2.29. The third-order valence-corrected chi connectivity index (χ3v) is 14.2. The van der Waals surface area contributed by atoms with Crippen molar-refractivity contribution < 1.29 is 28.3 Å². The molecule has 1 aromatic heterocycles. The molecule has 5 bridgehead atoms. The number of aromatic nitrogens is 1. The molecule has 0 saturated carbocycles. The van der Waals surface area contributed by atoms with E-state index in [9.17, 15) is 14.4 Å². The van der Waals surface area contributed by atoms with Crippen molar-refractivity contribution in [2.75, 3.05) is 6.54 Å². The Kier molecular flexibility index (Phi) is 10.0. The van der Waals surface area contributed by atoms with Gasteiger partial charge in [-0.2, -0.15) is 0 Å². The Morgan fingerprint density at radius 1 is 1.07 bits per heavy atom. The Bertz CT molecular complexity index is 1490. The second-order valence-corrected chi connectivity index (χ2v) is 19.1. The van der Waals surface area contributed by atoms with Crippen molar-refractivity contribution in [3.8, 4) is 0 Å². The molecule has 0 radical (unpaired) electrons. The van der Waals surface area contributed by atoms with Crippen molar-refractivity contribution in [2.45, 2.75) is 122 Å². The summed E-state index contributed by atoms with van der Waals surface area (Å²) in [4.78, 5) is 45.0. The highest BCUT2D eigenvalue weighted by molar-refractivity contribution is 6.74. The number of hydrogen-bond acceptors (Lipinski definition) is 8. The van der Waals surface area contributed by atoms with Gasteiger partial charge in [0.15, 0.2) is 14.6 Å². The van der Waals surface area contributed by atoms with E-state index >= 15 is 0 Å². The van der Waals surface area contributed by atoms with Crippen LogP contribution in [0, 0.1) is 0 Å². The second kappa shape index (κ2) is 13.5. The zero-order valence-electron chi connectivity index (χ0n) is 28.3. The predicted octanol–water partition coefficient (Wildman–Crippen LogP) is 4.35. The number of carbonyl (C=O) groups is 3. The number of fused-ring (bicyclic) bond motifs is 6. The molecule has 7 atom stereocenters. The maximum absolute atomic E-state index is 13.7. The lowest BCUT2D eigenvalue weighted by molar-refractivity contribution is -0.142. The fourth-order valence-electron chi connectivity index (χ4n) is 5.74. The van der Waals surface area contributed by atoms with Gasteiger partial charge in [0.2, 0.25) is 11.8 Å². The SMILES string of the molecule is C[C@@H]1NC(=O)[C@H]([C@@H](C)O[Si](C)(C)C(C)(C)C)NC(=O)C/C=C/c2cc3cc(ccc3cn2)[C@@H](C)OC2OC2[C@@H]2CCCN(N2)C1=O. The number of ether oxygens (including phenoxy) is 2. The highest BCUT2D eigenvalue weighted by Crippen LogP contribution is 2.38. The number of epoxide rings is 1. The van der Waals surface area contributed by atoms with Crippen LogP contribution >= 0.6 is 0 Å². The summed E-state index contributed by atoms with van der Waals surface area (Å²) in [6.07, 6.45) is 5.60. The number of benzene rings is 1. The fourth-order valence-corrected chi connectivity index (χ4v) is 7.16. The minimum Gasteiger partial charge on any atom is -0.412 e. The summed E-state index contributed by atoms with van der Waals surface area (Å²) in [6, 6.07) is 6.19. The number of nitrogens with zero attached hydrogens (tertiary/aromatic N) is 2. The van der Waals surface area contributed by atoms with Crippen molar-refractivity contribution in [1.82, 2.24) is 26.1 Å². The first-order valence-corrected chi connectivity index (χ1v) is 19.3. The summed E-state index contributed by atoms with van der Waals surface area (Å²) in [5.74, 6) is -1.07. The highest BCUT2D eigenvalue weighted by Gasteiger charge is 2.49. The van der Waals surface area contributed by atoms with Crippen molar-refractivity contribution in [3.05, 3.63) is 47.8 Å². The quantitative estimate of drug-likeness (QED) is 0.330. The maximum atomic E-state index is 13.7. The summed E-state index contributed by atoms with van der Waals surface area (Å²) in [6.45, 7) is 16.5. The highest BCUT2D eigenvalue weighted by atomic mass is 28.4. The topological polar surface area (TPSA) is 134 Å². The number of amides is 3. The molecule has 0 spiro atoms. The molecule has 2 saturated heterocycles. The molecule has 2 unspecified atom stereocenters. The average molecular weight is 652 g/mol. The summed E-state index contributed by atoms with van der Waals surface area (Å²) in [7, 11) is -2.29. The molecule has 4 heterocycles. The number of rotatable bonds is 3. The summed E-state index contributed by atoms with van der Waals surface area (Å²) >= 11 is 0. The first-order chi connectivity index (χ1) is 21.6. The smallest absolute Gasteiger partial charge is 0.258 e. The molecule has 12 heteroatoms. The van der Waals surface area contributed by atoms with Gasteiger partial charge in [-0.1, -0.05) is 39.0 Å². The monoisotopic (exact) mass is 651 g/mol. The zero-order chi connectivity index (χ0) is 33.4. The van der Waals surface area contributed by atoms with Gasteiger partial charge in [0, 0.05) is 24.5 Å². The Morgan fingerprint density at radius 3 is 2.57 bits per heavy atom. The normalized spacial score (nSPS) is 29.7. The fraction of sp³-hybridized carbons (Fsp3) is 0.588. The Morgan fingerprint density at radius 2 is 1.83 bits per heavy atom. The van der Waals surface area contributed by atoms with Gasteiger partial charge in [0.25, 0.3) is 5.91 Å². The third-order valence-electron chi connectivity index (χ3n) is 9.61. The minimum absolute atomic E-state index is 0.0390. The average Bonchev–Trinajstić information content (AvgIpc) is 3.76. The van der Waals surface area contributed by atoms with Crippen LogP contribution in [0.3, 0.4) is 0 Å². The van der Waals surface area contributed by atoms with Gasteiger partial charge in [0.1, 0.15) is 18.2 Å². The Labute approximate surface area is 272 Å². The third kappa shape index (κ3) is 7.85. The molecular weight excluding hydrogens is 602 g/mol. The Balaban J connectivity index is 1.42.